The minimum Gasteiger partial charge on any atom is -0.478 e. The molecule has 5 heteroatoms. The van der Waals surface area contributed by atoms with Gasteiger partial charge in [0.25, 0.3) is 0 Å². The van der Waals surface area contributed by atoms with Crippen LogP contribution in [0.2, 0.25) is 0 Å². The smallest absolute Gasteiger partial charge is 0.335 e. The molecule has 0 radical (unpaired) electrons. The van der Waals surface area contributed by atoms with Gasteiger partial charge in [-0.1, -0.05) is 6.42 Å². The summed E-state index contributed by atoms with van der Waals surface area (Å²) in [5.74, 6) is -0.902. The molecule has 0 saturated carbocycles. The van der Waals surface area contributed by atoms with Crippen molar-refractivity contribution in [3.63, 3.8) is 0 Å². The van der Waals surface area contributed by atoms with Crippen molar-refractivity contribution in [1.29, 1.82) is 0 Å². The second-order valence-corrected chi connectivity index (χ2v) is 6.52. The van der Waals surface area contributed by atoms with Crippen LogP contribution < -0.4 is 5.32 Å². The zero-order chi connectivity index (χ0) is 15.2. The molecule has 1 aliphatic rings. The first kappa shape index (κ1) is 16.3. The predicted octanol–water partition coefficient (Wildman–Crippen LogP) is 3.82. The molecule has 2 N–H and O–H groups in total. The van der Waals surface area contributed by atoms with Gasteiger partial charge in [0.15, 0.2) is 0 Å². The molecule has 1 unspecified atom stereocenters. The molecule has 4 nitrogen and oxygen atoms in total. The lowest BCUT2D eigenvalue weighted by atomic mass is 10.0. The van der Waals surface area contributed by atoms with E-state index in [1.54, 1.807) is 12.1 Å². The van der Waals surface area contributed by atoms with Crippen LogP contribution >= 0.6 is 15.9 Å². The largest absolute Gasteiger partial charge is 0.478 e. The van der Waals surface area contributed by atoms with Gasteiger partial charge in [0.2, 0.25) is 0 Å². The first-order valence-corrected chi connectivity index (χ1v) is 8.38. The van der Waals surface area contributed by atoms with Gasteiger partial charge in [0.05, 0.1) is 5.56 Å². The van der Waals surface area contributed by atoms with Crippen molar-refractivity contribution in [2.75, 3.05) is 25.0 Å². The van der Waals surface area contributed by atoms with Gasteiger partial charge >= 0.3 is 5.97 Å². The van der Waals surface area contributed by atoms with E-state index in [0.717, 1.165) is 29.7 Å². The number of nitrogens with one attached hydrogen (secondary N) is 1. The molecule has 2 rings (SSSR count). The average molecular weight is 355 g/mol. The summed E-state index contributed by atoms with van der Waals surface area (Å²) >= 11 is 3.42. The van der Waals surface area contributed by atoms with Crippen LogP contribution in [0.4, 0.5) is 5.69 Å². The number of piperidine rings is 1. The quantitative estimate of drug-likeness (QED) is 0.762. The van der Waals surface area contributed by atoms with Crippen molar-refractivity contribution in [2.24, 2.45) is 0 Å². The van der Waals surface area contributed by atoms with Crippen LogP contribution in [0.5, 0.6) is 0 Å². The number of carboxylic acid groups (broad SMARTS) is 1. The van der Waals surface area contributed by atoms with Gasteiger partial charge in [-0.2, -0.15) is 0 Å². The summed E-state index contributed by atoms with van der Waals surface area (Å²) in [4.78, 5) is 13.4. The van der Waals surface area contributed by atoms with Crippen LogP contribution in [0.25, 0.3) is 0 Å². The van der Waals surface area contributed by atoms with E-state index < -0.39 is 5.97 Å². The summed E-state index contributed by atoms with van der Waals surface area (Å²) in [7, 11) is 0. The van der Waals surface area contributed by atoms with E-state index in [1.165, 1.54) is 25.8 Å². The lowest BCUT2D eigenvalue weighted by Crippen LogP contribution is -2.38. The highest BCUT2D eigenvalue weighted by Gasteiger charge is 2.17. The van der Waals surface area contributed by atoms with E-state index in [9.17, 15) is 4.79 Å². The molecule has 0 amide bonds. The standard InChI is InChI=1S/C16H23BrN2O2/c1-12-5-2-3-9-19(12)10-4-8-18-15-7-6-13(16(20)21)11-14(15)17/h6-7,11-12,18H,2-5,8-10H2,1H3,(H,20,21). The number of nitrogens with zero attached hydrogens (tertiary/aromatic N) is 1. The Bertz CT molecular complexity index is 493. The Morgan fingerprint density at radius 2 is 2.29 bits per heavy atom. The first-order valence-electron chi connectivity index (χ1n) is 7.58. The van der Waals surface area contributed by atoms with Crippen molar-refractivity contribution in [2.45, 2.75) is 38.6 Å². The summed E-state index contributed by atoms with van der Waals surface area (Å²) in [5.41, 5.74) is 1.25. The second-order valence-electron chi connectivity index (χ2n) is 5.66. The fourth-order valence-electron chi connectivity index (χ4n) is 2.79. The lowest BCUT2D eigenvalue weighted by Gasteiger charge is -2.33. The SMILES string of the molecule is CC1CCCCN1CCCNc1ccc(C(=O)O)cc1Br. The number of benzene rings is 1. The fraction of sp³-hybridized carbons (Fsp3) is 0.562. The van der Waals surface area contributed by atoms with E-state index >= 15 is 0 Å². The summed E-state index contributed by atoms with van der Waals surface area (Å²) < 4.78 is 0.800. The number of carbonyl (C=O) groups is 1. The molecule has 116 valence electrons. The molecular weight excluding hydrogens is 332 g/mol. The Kier molecular flexibility index (Phi) is 6.06. The maximum Gasteiger partial charge on any atom is 0.335 e. The number of rotatable bonds is 6. The Morgan fingerprint density at radius 1 is 1.48 bits per heavy atom. The van der Waals surface area contributed by atoms with E-state index in [2.05, 4.69) is 33.1 Å². The maximum atomic E-state index is 10.9. The number of carboxylic acids is 1. The van der Waals surface area contributed by atoms with Crippen LogP contribution in [0.3, 0.4) is 0 Å². The molecule has 1 atom stereocenters. The lowest BCUT2D eigenvalue weighted by molar-refractivity contribution is 0.0697. The summed E-state index contributed by atoms with van der Waals surface area (Å²) in [5, 5.41) is 12.3. The average Bonchev–Trinajstić information content (AvgIpc) is 2.46. The van der Waals surface area contributed by atoms with Gasteiger partial charge in [-0.25, -0.2) is 4.79 Å². The van der Waals surface area contributed by atoms with Crippen LogP contribution in [0.1, 0.15) is 43.0 Å². The third-order valence-electron chi connectivity index (χ3n) is 4.09. The Labute approximate surface area is 134 Å². The van der Waals surface area contributed by atoms with Crippen LogP contribution in [-0.2, 0) is 0 Å². The number of aromatic carboxylic acids is 1. The normalized spacial score (nSPS) is 19.4. The van der Waals surface area contributed by atoms with Gasteiger partial charge in [-0.15, -0.1) is 0 Å². The van der Waals surface area contributed by atoms with Gasteiger partial charge in [0.1, 0.15) is 0 Å². The third kappa shape index (κ3) is 4.71. The summed E-state index contributed by atoms with van der Waals surface area (Å²) in [6.07, 6.45) is 5.09. The monoisotopic (exact) mass is 354 g/mol. The first-order chi connectivity index (χ1) is 10.1. The zero-order valence-electron chi connectivity index (χ0n) is 12.4. The highest BCUT2D eigenvalue weighted by Crippen LogP contribution is 2.24. The minimum atomic E-state index is -0.902. The van der Waals surface area contributed by atoms with Crippen molar-refractivity contribution in [3.8, 4) is 0 Å². The zero-order valence-corrected chi connectivity index (χ0v) is 14.0. The Balaban J connectivity index is 1.77. The van der Waals surface area contributed by atoms with Crippen molar-refractivity contribution < 1.29 is 9.90 Å². The molecule has 1 aromatic carbocycles. The van der Waals surface area contributed by atoms with Gasteiger partial charge in [-0.05, 0) is 66.9 Å². The van der Waals surface area contributed by atoms with E-state index in [4.69, 9.17) is 5.11 Å². The number of anilines is 1. The minimum absolute atomic E-state index is 0.301. The molecule has 1 heterocycles. The molecule has 1 aliphatic heterocycles. The molecular formula is C16H23BrN2O2. The van der Waals surface area contributed by atoms with Gasteiger partial charge in [-0.3, -0.25) is 0 Å². The van der Waals surface area contributed by atoms with E-state index in [1.807, 2.05) is 6.07 Å². The number of halogens is 1. The number of hydrogen-bond donors (Lipinski definition) is 2. The number of hydrogen-bond acceptors (Lipinski definition) is 3. The molecule has 0 aromatic heterocycles. The van der Waals surface area contributed by atoms with Gasteiger partial charge < -0.3 is 15.3 Å². The molecule has 0 aliphatic carbocycles. The Morgan fingerprint density at radius 3 is 2.95 bits per heavy atom. The van der Waals surface area contributed by atoms with E-state index in [-0.39, 0.29) is 0 Å². The van der Waals surface area contributed by atoms with E-state index in [0.29, 0.717) is 11.6 Å². The maximum absolute atomic E-state index is 10.9. The number of likely N-dealkylation sites (tertiary alicyclic amines) is 1. The molecule has 1 fully saturated rings. The predicted molar refractivity (Wildman–Crippen MR) is 89.1 cm³/mol. The van der Waals surface area contributed by atoms with Gasteiger partial charge in [0, 0.05) is 29.3 Å². The topological polar surface area (TPSA) is 52.6 Å². The molecule has 21 heavy (non-hydrogen) atoms. The summed E-state index contributed by atoms with van der Waals surface area (Å²) in [6.45, 7) is 5.55. The fourth-order valence-corrected chi connectivity index (χ4v) is 3.31. The van der Waals surface area contributed by atoms with Crippen LogP contribution in [0, 0.1) is 0 Å². The second kappa shape index (κ2) is 7.80. The van der Waals surface area contributed by atoms with Crippen molar-refractivity contribution in [1.82, 2.24) is 4.90 Å². The van der Waals surface area contributed by atoms with Crippen molar-refractivity contribution in [3.05, 3.63) is 28.2 Å². The Hall–Kier alpha value is -1.07. The summed E-state index contributed by atoms with van der Waals surface area (Å²) in [6, 6.07) is 5.79. The van der Waals surface area contributed by atoms with Crippen molar-refractivity contribution >= 4 is 27.6 Å². The molecule has 0 spiro atoms. The molecule has 0 bridgehead atoms. The molecule has 1 saturated heterocycles. The highest BCUT2D eigenvalue weighted by atomic mass is 79.9. The van der Waals surface area contributed by atoms with Crippen LogP contribution in [0.15, 0.2) is 22.7 Å². The molecule has 1 aromatic rings. The third-order valence-corrected chi connectivity index (χ3v) is 4.75. The highest BCUT2D eigenvalue weighted by molar-refractivity contribution is 9.10. The van der Waals surface area contributed by atoms with Crippen LogP contribution in [-0.4, -0.2) is 41.7 Å².